The third kappa shape index (κ3) is 4.84. The number of aliphatic hydroxyl groups is 1. The predicted octanol–water partition coefficient (Wildman–Crippen LogP) is -0.870. The summed E-state index contributed by atoms with van der Waals surface area (Å²) in [5.41, 5.74) is 0. The number of aliphatic hydroxyl groups excluding tert-OH is 1. The molecule has 19 heavy (non-hydrogen) atoms. The topological polar surface area (TPSA) is 108 Å². The second kappa shape index (κ2) is 7.05. The summed E-state index contributed by atoms with van der Waals surface area (Å²) in [6.45, 7) is 2.44. The Hall–Kier alpha value is -1.67. The smallest absolute Gasteiger partial charge is 0.302 e. The van der Waals surface area contributed by atoms with Crippen molar-refractivity contribution in [2.24, 2.45) is 0 Å². The van der Waals surface area contributed by atoms with Crippen LogP contribution in [0.2, 0.25) is 0 Å². The number of rotatable bonds is 5. The normalized spacial score (nSPS) is 30.3. The van der Waals surface area contributed by atoms with Crippen LogP contribution in [0.1, 0.15) is 20.3 Å². The molecule has 108 valence electrons. The summed E-state index contributed by atoms with van der Waals surface area (Å²) in [6, 6.07) is 0. The zero-order valence-corrected chi connectivity index (χ0v) is 10.6. The number of ether oxygens (including phenoxy) is 4. The third-order valence-electron chi connectivity index (χ3n) is 2.51. The van der Waals surface area contributed by atoms with E-state index in [1.165, 1.54) is 13.8 Å². The molecule has 0 aromatic rings. The molecule has 0 spiro atoms. The third-order valence-corrected chi connectivity index (χ3v) is 2.51. The van der Waals surface area contributed by atoms with Crippen LogP contribution >= 0.6 is 0 Å². The second-order valence-corrected chi connectivity index (χ2v) is 4.02. The fourth-order valence-electron chi connectivity index (χ4n) is 1.73. The Morgan fingerprint density at radius 1 is 1.32 bits per heavy atom. The van der Waals surface area contributed by atoms with Crippen LogP contribution in [-0.2, 0) is 33.3 Å². The Morgan fingerprint density at radius 2 is 2.00 bits per heavy atom. The lowest BCUT2D eigenvalue weighted by Crippen LogP contribution is -2.51. The van der Waals surface area contributed by atoms with Crippen LogP contribution in [0.25, 0.3) is 0 Å². The molecule has 0 aromatic carbocycles. The lowest BCUT2D eigenvalue weighted by molar-refractivity contribution is -0.259. The summed E-state index contributed by atoms with van der Waals surface area (Å²) in [5.74, 6) is -1.08. The van der Waals surface area contributed by atoms with Crippen LogP contribution in [0.15, 0.2) is 0 Å². The van der Waals surface area contributed by atoms with E-state index in [0.29, 0.717) is 0 Å². The molecule has 1 heterocycles. The molecule has 1 saturated heterocycles. The SMILES string of the molecule is CC(=O)OCC1OC(O)C(OC=O)CC1OC(C)=O. The van der Waals surface area contributed by atoms with Crippen molar-refractivity contribution in [1.29, 1.82) is 0 Å². The summed E-state index contributed by atoms with van der Waals surface area (Å²) in [5, 5.41) is 9.60. The molecule has 8 heteroatoms. The van der Waals surface area contributed by atoms with E-state index in [2.05, 4.69) is 4.74 Å². The standard InChI is InChI=1S/C11H16O8/c1-6(13)16-4-10-8(18-7(2)14)3-9(17-5-12)11(15)19-10/h5,8-11,15H,3-4H2,1-2H3. The van der Waals surface area contributed by atoms with Crippen LogP contribution in [0.4, 0.5) is 0 Å². The van der Waals surface area contributed by atoms with Crippen LogP contribution < -0.4 is 0 Å². The first-order valence-electron chi connectivity index (χ1n) is 5.67. The molecule has 4 atom stereocenters. The van der Waals surface area contributed by atoms with E-state index in [0.717, 1.165) is 0 Å². The minimum atomic E-state index is -1.36. The maximum absolute atomic E-state index is 11.0. The molecule has 4 unspecified atom stereocenters. The van der Waals surface area contributed by atoms with E-state index in [4.69, 9.17) is 14.2 Å². The Balaban J connectivity index is 2.67. The van der Waals surface area contributed by atoms with Crippen molar-refractivity contribution < 1.29 is 38.4 Å². The highest BCUT2D eigenvalue weighted by molar-refractivity contribution is 5.66. The van der Waals surface area contributed by atoms with E-state index in [1.807, 2.05) is 0 Å². The Kier molecular flexibility index (Phi) is 5.71. The van der Waals surface area contributed by atoms with Crippen molar-refractivity contribution in [1.82, 2.24) is 0 Å². The molecule has 1 aliphatic rings. The largest absolute Gasteiger partial charge is 0.463 e. The van der Waals surface area contributed by atoms with Crippen molar-refractivity contribution in [2.45, 2.75) is 44.9 Å². The first-order chi connectivity index (χ1) is 8.93. The van der Waals surface area contributed by atoms with Gasteiger partial charge in [-0.15, -0.1) is 0 Å². The van der Waals surface area contributed by atoms with Gasteiger partial charge in [0.25, 0.3) is 6.47 Å². The monoisotopic (exact) mass is 276 g/mol. The molecule has 1 aliphatic heterocycles. The average molecular weight is 276 g/mol. The average Bonchev–Trinajstić information content (AvgIpc) is 2.30. The van der Waals surface area contributed by atoms with Crippen molar-refractivity contribution >= 4 is 18.4 Å². The molecule has 1 N–H and O–H groups in total. The summed E-state index contributed by atoms with van der Waals surface area (Å²) >= 11 is 0. The molecule has 0 bridgehead atoms. The second-order valence-electron chi connectivity index (χ2n) is 4.02. The van der Waals surface area contributed by atoms with Crippen molar-refractivity contribution in [3.05, 3.63) is 0 Å². The summed E-state index contributed by atoms with van der Waals surface area (Å²) in [4.78, 5) is 32.0. The predicted molar refractivity (Wildman–Crippen MR) is 58.6 cm³/mol. The Bertz CT molecular complexity index is 342. The van der Waals surface area contributed by atoms with Gasteiger partial charge in [0.2, 0.25) is 0 Å². The van der Waals surface area contributed by atoms with Crippen LogP contribution in [0.5, 0.6) is 0 Å². The fraction of sp³-hybridized carbons (Fsp3) is 0.727. The molecule has 1 rings (SSSR count). The molecular formula is C11H16O8. The van der Waals surface area contributed by atoms with Crippen LogP contribution in [0, 0.1) is 0 Å². The van der Waals surface area contributed by atoms with Crippen molar-refractivity contribution in [2.75, 3.05) is 6.61 Å². The molecule has 8 nitrogen and oxygen atoms in total. The number of carbonyl (C=O) groups is 3. The zero-order chi connectivity index (χ0) is 14.4. The highest BCUT2D eigenvalue weighted by Gasteiger charge is 2.40. The molecule has 1 fully saturated rings. The molecule has 0 aliphatic carbocycles. The zero-order valence-electron chi connectivity index (χ0n) is 10.6. The number of hydrogen-bond donors (Lipinski definition) is 1. The minimum absolute atomic E-state index is 0.0609. The molecule has 0 aromatic heterocycles. The first-order valence-corrected chi connectivity index (χ1v) is 5.67. The van der Waals surface area contributed by atoms with E-state index < -0.39 is 36.5 Å². The van der Waals surface area contributed by atoms with Gasteiger partial charge in [-0.1, -0.05) is 0 Å². The Morgan fingerprint density at radius 3 is 2.53 bits per heavy atom. The quantitative estimate of drug-likeness (QED) is 0.392. The van der Waals surface area contributed by atoms with Gasteiger partial charge in [-0.05, 0) is 0 Å². The van der Waals surface area contributed by atoms with Gasteiger partial charge in [0, 0.05) is 20.3 Å². The van der Waals surface area contributed by atoms with Gasteiger partial charge >= 0.3 is 11.9 Å². The summed E-state index contributed by atoms with van der Waals surface area (Å²) in [7, 11) is 0. The van der Waals surface area contributed by atoms with E-state index in [9.17, 15) is 19.5 Å². The van der Waals surface area contributed by atoms with E-state index >= 15 is 0 Å². The minimum Gasteiger partial charge on any atom is -0.463 e. The van der Waals surface area contributed by atoms with Gasteiger partial charge in [0.1, 0.15) is 18.8 Å². The maximum Gasteiger partial charge on any atom is 0.302 e. The molecular weight excluding hydrogens is 260 g/mol. The summed E-state index contributed by atoms with van der Waals surface area (Å²) in [6.07, 6.45) is -3.82. The molecule has 0 saturated carbocycles. The van der Waals surface area contributed by atoms with Gasteiger partial charge in [-0.3, -0.25) is 14.4 Å². The highest BCUT2D eigenvalue weighted by Crippen LogP contribution is 2.24. The molecule has 0 amide bonds. The van der Waals surface area contributed by atoms with Crippen molar-refractivity contribution in [3.8, 4) is 0 Å². The number of esters is 2. The maximum atomic E-state index is 11.0. The van der Waals surface area contributed by atoms with Gasteiger partial charge in [-0.2, -0.15) is 0 Å². The molecule has 0 radical (unpaired) electrons. The van der Waals surface area contributed by atoms with Gasteiger partial charge in [-0.25, -0.2) is 0 Å². The van der Waals surface area contributed by atoms with Gasteiger partial charge < -0.3 is 24.1 Å². The Labute approximate surface area is 109 Å². The number of hydrogen-bond acceptors (Lipinski definition) is 8. The lowest BCUT2D eigenvalue weighted by atomic mass is 10.0. The summed E-state index contributed by atoms with van der Waals surface area (Å²) < 4.78 is 19.5. The first kappa shape index (κ1) is 15.4. The number of carbonyl (C=O) groups excluding carboxylic acids is 3. The fourth-order valence-corrected chi connectivity index (χ4v) is 1.73. The van der Waals surface area contributed by atoms with Gasteiger partial charge in [0.05, 0.1) is 0 Å². The van der Waals surface area contributed by atoms with E-state index in [1.54, 1.807) is 0 Å². The highest BCUT2D eigenvalue weighted by atomic mass is 16.7. The van der Waals surface area contributed by atoms with Crippen LogP contribution in [0.3, 0.4) is 0 Å². The van der Waals surface area contributed by atoms with Crippen molar-refractivity contribution in [3.63, 3.8) is 0 Å². The van der Waals surface area contributed by atoms with Crippen LogP contribution in [-0.4, -0.2) is 54.7 Å². The lowest BCUT2D eigenvalue weighted by Gasteiger charge is -2.37. The van der Waals surface area contributed by atoms with Gasteiger partial charge in [0.15, 0.2) is 12.4 Å². The van der Waals surface area contributed by atoms with E-state index in [-0.39, 0.29) is 19.5 Å².